The number of nitrogens with one attached hydrogen (secondary N) is 1. The number of nitrogens with zero attached hydrogens (tertiary/aromatic N) is 1. The van der Waals surface area contributed by atoms with E-state index >= 15 is 0 Å². The molecule has 0 saturated carbocycles. The molecule has 0 bridgehead atoms. The van der Waals surface area contributed by atoms with E-state index in [-0.39, 0.29) is 11.4 Å². The molecule has 2 rings (SSSR count). The lowest BCUT2D eigenvalue weighted by Gasteiger charge is -2.30. The minimum atomic E-state index is -2.71. The Morgan fingerprint density at radius 1 is 1.44 bits per heavy atom. The van der Waals surface area contributed by atoms with Crippen molar-refractivity contribution in [2.75, 3.05) is 32.7 Å². The largest absolute Gasteiger partial charge is 0.314 e. The summed E-state index contributed by atoms with van der Waals surface area (Å²) in [5, 5.41) is 4.90. The van der Waals surface area contributed by atoms with Gasteiger partial charge in [0.2, 0.25) is 0 Å². The van der Waals surface area contributed by atoms with E-state index in [9.17, 15) is 8.78 Å². The fourth-order valence-corrected chi connectivity index (χ4v) is 2.87. The maximum absolute atomic E-state index is 14.0. The highest BCUT2D eigenvalue weighted by molar-refractivity contribution is 7.10. The lowest BCUT2D eigenvalue weighted by molar-refractivity contribution is -0.0372. The number of piperazine rings is 1. The van der Waals surface area contributed by atoms with Crippen LogP contribution in [-0.4, -0.2) is 37.6 Å². The fraction of sp³-hybridized carbons (Fsp3) is 0.636. The van der Waals surface area contributed by atoms with E-state index in [0.29, 0.717) is 18.7 Å². The first kappa shape index (κ1) is 12.0. The van der Waals surface area contributed by atoms with Crippen molar-refractivity contribution in [2.45, 2.75) is 12.8 Å². The summed E-state index contributed by atoms with van der Waals surface area (Å²) in [6.45, 7) is 4.62. The van der Waals surface area contributed by atoms with Crippen molar-refractivity contribution in [2.24, 2.45) is 0 Å². The molecule has 0 aromatic carbocycles. The van der Waals surface area contributed by atoms with Gasteiger partial charge < -0.3 is 5.32 Å². The maximum Gasteiger partial charge on any atom is 0.294 e. The van der Waals surface area contributed by atoms with E-state index in [1.54, 1.807) is 18.4 Å². The second kappa shape index (κ2) is 4.77. The third-order valence-corrected chi connectivity index (χ3v) is 3.95. The molecule has 1 N–H and O–H groups in total. The van der Waals surface area contributed by atoms with Gasteiger partial charge in [-0.1, -0.05) is 0 Å². The number of thiophene rings is 1. The van der Waals surface area contributed by atoms with Gasteiger partial charge in [0, 0.05) is 26.2 Å². The molecule has 0 amide bonds. The van der Waals surface area contributed by atoms with Crippen LogP contribution in [0.25, 0.3) is 0 Å². The molecule has 0 spiro atoms. The molecule has 1 aromatic heterocycles. The molecule has 0 unspecified atom stereocenters. The number of hydrogen-bond donors (Lipinski definition) is 1. The smallest absolute Gasteiger partial charge is 0.294 e. The van der Waals surface area contributed by atoms with Crippen molar-refractivity contribution < 1.29 is 8.78 Å². The Labute approximate surface area is 98.3 Å². The summed E-state index contributed by atoms with van der Waals surface area (Å²) in [7, 11) is 0. The van der Waals surface area contributed by atoms with Crippen molar-refractivity contribution >= 4 is 11.3 Å². The van der Waals surface area contributed by atoms with E-state index in [0.717, 1.165) is 24.4 Å². The summed E-state index contributed by atoms with van der Waals surface area (Å²) in [6.07, 6.45) is 0. The summed E-state index contributed by atoms with van der Waals surface area (Å²) in [4.78, 5) is 2.04. The monoisotopic (exact) mass is 246 g/mol. The highest BCUT2D eigenvalue weighted by Crippen LogP contribution is 2.35. The van der Waals surface area contributed by atoms with Gasteiger partial charge in [-0.05, 0) is 23.9 Å². The van der Waals surface area contributed by atoms with Gasteiger partial charge in [0.15, 0.2) is 0 Å². The molecule has 5 heteroatoms. The van der Waals surface area contributed by atoms with Crippen LogP contribution < -0.4 is 5.32 Å². The van der Waals surface area contributed by atoms with E-state index in [1.165, 1.54) is 0 Å². The minimum absolute atomic E-state index is 0.157. The molecule has 1 saturated heterocycles. The molecule has 1 aliphatic heterocycles. The van der Waals surface area contributed by atoms with Crippen molar-refractivity contribution in [3.63, 3.8) is 0 Å². The predicted octanol–water partition coefficient (Wildman–Crippen LogP) is 2.05. The second-order valence-electron chi connectivity index (χ2n) is 4.16. The lowest BCUT2D eigenvalue weighted by atomic mass is 10.1. The Hall–Kier alpha value is -0.520. The van der Waals surface area contributed by atoms with Crippen LogP contribution in [0, 0.1) is 6.92 Å². The van der Waals surface area contributed by atoms with Gasteiger partial charge in [-0.15, -0.1) is 11.3 Å². The fourth-order valence-electron chi connectivity index (χ4n) is 1.97. The second-order valence-corrected chi connectivity index (χ2v) is 5.08. The topological polar surface area (TPSA) is 15.3 Å². The van der Waals surface area contributed by atoms with Crippen molar-refractivity contribution in [1.82, 2.24) is 10.2 Å². The predicted molar refractivity (Wildman–Crippen MR) is 62.3 cm³/mol. The Balaban J connectivity index is 2.04. The van der Waals surface area contributed by atoms with Crippen LogP contribution in [0.2, 0.25) is 0 Å². The third-order valence-electron chi connectivity index (χ3n) is 2.83. The van der Waals surface area contributed by atoms with Crippen LogP contribution in [0.5, 0.6) is 0 Å². The molecule has 1 aromatic rings. The average Bonchev–Trinajstić information content (AvgIpc) is 2.66. The number of alkyl halides is 2. The average molecular weight is 246 g/mol. The van der Waals surface area contributed by atoms with Crippen LogP contribution in [0.1, 0.15) is 10.4 Å². The summed E-state index contributed by atoms with van der Waals surface area (Å²) in [6, 6.07) is 1.76. The molecule has 16 heavy (non-hydrogen) atoms. The molecule has 90 valence electrons. The Morgan fingerprint density at radius 3 is 2.69 bits per heavy atom. The van der Waals surface area contributed by atoms with Gasteiger partial charge in [0.05, 0.1) is 11.4 Å². The molecule has 2 nitrogen and oxygen atoms in total. The highest BCUT2D eigenvalue weighted by Gasteiger charge is 2.36. The number of hydrogen-bond acceptors (Lipinski definition) is 3. The third kappa shape index (κ3) is 2.59. The van der Waals surface area contributed by atoms with Gasteiger partial charge in [-0.3, -0.25) is 4.90 Å². The van der Waals surface area contributed by atoms with Crippen molar-refractivity contribution in [3.05, 3.63) is 21.9 Å². The van der Waals surface area contributed by atoms with E-state index in [2.05, 4.69) is 5.32 Å². The van der Waals surface area contributed by atoms with Gasteiger partial charge >= 0.3 is 0 Å². The molecular formula is C11H16F2N2S. The molecule has 2 heterocycles. The van der Waals surface area contributed by atoms with E-state index < -0.39 is 5.92 Å². The number of halogens is 2. The van der Waals surface area contributed by atoms with Gasteiger partial charge in [-0.25, -0.2) is 0 Å². The quantitative estimate of drug-likeness (QED) is 0.878. The molecule has 1 fully saturated rings. The van der Waals surface area contributed by atoms with Crippen molar-refractivity contribution in [3.8, 4) is 0 Å². The first-order valence-electron chi connectivity index (χ1n) is 5.45. The van der Waals surface area contributed by atoms with Crippen molar-refractivity contribution in [1.29, 1.82) is 0 Å². The lowest BCUT2D eigenvalue weighted by Crippen LogP contribution is -2.47. The maximum atomic E-state index is 14.0. The normalized spacial score (nSPS) is 18.9. The van der Waals surface area contributed by atoms with Crippen LogP contribution in [0.15, 0.2) is 11.4 Å². The SMILES string of the molecule is Cc1ccsc1C(F)(F)CN1CCNCC1. The van der Waals surface area contributed by atoms with Crippen LogP contribution in [0.4, 0.5) is 8.78 Å². The summed E-state index contributed by atoms with van der Waals surface area (Å²) in [5.74, 6) is -2.71. The first-order chi connectivity index (χ1) is 7.59. The molecule has 0 atom stereocenters. The highest BCUT2D eigenvalue weighted by atomic mass is 32.1. The molecule has 0 aliphatic carbocycles. The summed E-state index contributed by atoms with van der Waals surface area (Å²) < 4.78 is 28.0. The number of rotatable bonds is 3. The van der Waals surface area contributed by atoms with Gasteiger partial charge in [0.25, 0.3) is 5.92 Å². The Bertz CT molecular complexity index is 346. The molecular weight excluding hydrogens is 230 g/mol. The zero-order valence-corrected chi connectivity index (χ0v) is 10.1. The summed E-state index contributed by atoms with van der Waals surface area (Å²) >= 11 is 1.15. The van der Waals surface area contributed by atoms with Crippen LogP contribution in [0.3, 0.4) is 0 Å². The zero-order valence-electron chi connectivity index (χ0n) is 9.30. The minimum Gasteiger partial charge on any atom is -0.314 e. The Morgan fingerprint density at radius 2 is 2.12 bits per heavy atom. The van der Waals surface area contributed by atoms with E-state index in [1.807, 2.05) is 4.90 Å². The Kier molecular flexibility index (Phi) is 3.56. The van der Waals surface area contributed by atoms with Gasteiger partial charge in [0.1, 0.15) is 0 Å². The first-order valence-corrected chi connectivity index (χ1v) is 6.33. The van der Waals surface area contributed by atoms with Gasteiger partial charge in [-0.2, -0.15) is 8.78 Å². The van der Waals surface area contributed by atoms with Crippen LogP contribution >= 0.6 is 11.3 Å². The van der Waals surface area contributed by atoms with Crippen LogP contribution in [-0.2, 0) is 5.92 Å². The van der Waals surface area contributed by atoms with E-state index in [4.69, 9.17) is 0 Å². The standard InChI is InChI=1S/C11H16F2N2S/c1-9-2-7-16-10(9)11(12,13)8-15-5-3-14-4-6-15/h2,7,14H,3-6,8H2,1H3. The molecule has 0 radical (unpaired) electrons. The zero-order chi connectivity index (χ0) is 11.6. The summed E-state index contributed by atoms with van der Waals surface area (Å²) in [5.41, 5.74) is 0.699. The number of aryl methyl sites for hydroxylation is 1. The molecule has 1 aliphatic rings.